The number of nitrogens with two attached hydrogens (primary N) is 1. The number of aromatic nitrogens is 2. The minimum absolute atomic E-state index is 0.262. The van der Waals surface area contributed by atoms with Crippen LogP contribution in [0.2, 0.25) is 0 Å². The van der Waals surface area contributed by atoms with Crippen molar-refractivity contribution >= 4 is 17.5 Å². The lowest BCUT2D eigenvalue weighted by atomic mass is 10.1. The highest BCUT2D eigenvalue weighted by Gasteiger charge is 2.25. The SMILES string of the molecule is COc1cc2c(cn1)CN(C(=O)Nc1nc(-c3ccc(F)cc3)ccc1N)C2. The van der Waals surface area contributed by atoms with Crippen LogP contribution in [0.1, 0.15) is 11.1 Å². The van der Waals surface area contributed by atoms with E-state index in [1.54, 1.807) is 42.5 Å². The highest BCUT2D eigenvalue weighted by atomic mass is 19.1. The number of halogens is 1. The van der Waals surface area contributed by atoms with E-state index in [2.05, 4.69) is 15.3 Å². The minimum atomic E-state index is -0.326. The van der Waals surface area contributed by atoms with E-state index in [0.717, 1.165) is 16.7 Å². The summed E-state index contributed by atoms with van der Waals surface area (Å²) in [4.78, 5) is 22.9. The zero-order valence-corrected chi connectivity index (χ0v) is 15.1. The number of nitrogens with one attached hydrogen (secondary N) is 1. The Hall–Kier alpha value is -3.68. The number of nitrogens with zero attached hydrogens (tertiary/aromatic N) is 3. The summed E-state index contributed by atoms with van der Waals surface area (Å²) >= 11 is 0. The normalized spacial score (nSPS) is 12.6. The highest BCUT2D eigenvalue weighted by Crippen LogP contribution is 2.27. The van der Waals surface area contributed by atoms with Gasteiger partial charge in [-0.1, -0.05) is 0 Å². The number of amides is 2. The zero-order chi connectivity index (χ0) is 19.7. The summed E-state index contributed by atoms with van der Waals surface area (Å²) in [6.45, 7) is 0.882. The van der Waals surface area contributed by atoms with E-state index in [9.17, 15) is 9.18 Å². The molecule has 1 aliphatic rings. The molecule has 0 aliphatic carbocycles. The van der Waals surface area contributed by atoms with Crippen LogP contribution in [0.3, 0.4) is 0 Å². The summed E-state index contributed by atoms with van der Waals surface area (Å²) in [6.07, 6.45) is 1.71. The molecule has 7 nitrogen and oxygen atoms in total. The lowest BCUT2D eigenvalue weighted by Gasteiger charge is -2.17. The van der Waals surface area contributed by atoms with Crippen molar-refractivity contribution < 1.29 is 13.9 Å². The molecule has 0 bridgehead atoms. The molecule has 3 N–H and O–H groups in total. The number of anilines is 2. The van der Waals surface area contributed by atoms with Crippen molar-refractivity contribution in [3.8, 4) is 17.1 Å². The Morgan fingerprint density at radius 2 is 1.93 bits per heavy atom. The Labute approximate surface area is 161 Å². The summed E-state index contributed by atoms with van der Waals surface area (Å²) in [5.74, 6) is 0.449. The molecule has 0 atom stereocenters. The van der Waals surface area contributed by atoms with Crippen LogP contribution >= 0.6 is 0 Å². The number of nitrogen functional groups attached to an aromatic ring is 1. The summed E-state index contributed by atoms with van der Waals surface area (Å²) < 4.78 is 18.3. The van der Waals surface area contributed by atoms with E-state index >= 15 is 0 Å². The Morgan fingerprint density at radius 1 is 1.18 bits per heavy atom. The van der Waals surface area contributed by atoms with Crippen LogP contribution in [0, 0.1) is 5.82 Å². The number of carbonyl (C=O) groups excluding carboxylic acids is 1. The molecular formula is C20H18FN5O2. The molecule has 1 aliphatic heterocycles. The largest absolute Gasteiger partial charge is 0.481 e. The molecule has 2 aromatic heterocycles. The van der Waals surface area contributed by atoms with Gasteiger partial charge in [0.25, 0.3) is 0 Å². The molecule has 3 aromatic rings. The van der Waals surface area contributed by atoms with Gasteiger partial charge in [-0.15, -0.1) is 0 Å². The van der Waals surface area contributed by atoms with Crippen molar-refractivity contribution in [1.82, 2.24) is 14.9 Å². The number of carbonyl (C=O) groups is 1. The molecule has 28 heavy (non-hydrogen) atoms. The van der Waals surface area contributed by atoms with Crippen LogP contribution in [0.15, 0.2) is 48.7 Å². The van der Waals surface area contributed by atoms with Crippen molar-refractivity contribution in [3.05, 3.63) is 65.6 Å². The van der Waals surface area contributed by atoms with E-state index in [4.69, 9.17) is 10.5 Å². The summed E-state index contributed by atoms with van der Waals surface area (Å²) in [5, 5.41) is 2.76. The number of methoxy groups -OCH3 is 1. The van der Waals surface area contributed by atoms with Gasteiger partial charge in [-0.2, -0.15) is 0 Å². The van der Waals surface area contributed by atoms with Crippen LogP contribution in [0.5, 0.6) is 5.88 Å². The smallest absolute Gasteiger partial charge is 0.323 e. The first kappa shape index (κ1) is 17.7. The van der Waals surface area contributed by atoms with Crippen molar-refractivity contribution in [1.29, 1.82) is 0 Å². The van der Waals surface area contributed by atoms with Crippen molar-refractivity contribution in [3.63, 3.8) is 0 Å². The summed E-state index contributed by atoms with van der Waals surface area (Å²) in [7, 11) is 1.55. The lowest BCUT2D eigenvalue weighted by molar-refractivity contribution is 0.212. The third-order valence-corrected chi connectivity index (χ3v) is 4.57. The molecule has 3 heterocycles. The Balaban J connectivity index is 1.52. The number of fused-ring (bicyclic) bond motifs is 1. The average Bonchev–Trinajstić information content (AvgIpc) is 3.13. The van der Waals surface area contributed by atoms with Crippen LogP contribution < -0.4 is 15.8 Å². The first-order valence-corrected chi connectivity index (χ1v) is 8.63. The van der Waals surface area contributed by atoms with Gasteiger partial charge in [0.2, 0.25) is 5.88 Å². The van der Waals surface area contributed by atoms with E-state index in [1.165, 1.54) is 12.1 Å². The molecule has 1 aromatic carbocycles. The van der Waals surface area contributed by atoms with Crippen molar-refractivity contribution in [2.24, 2.45) is 0 Å². The van der Waals surface area contributed by atoms with Gasteiger partial charge in [0, 0.05) is 30.9 Å². The molecule has 4 rings (SSSR count). The van der Waals surface area contributed by atoms with Crippen LogP contribution in [0.4, 0.5) is 20.7 Å². The number of hydrogen-bond donors (Lipinski definition) is 2. The Kier molecular flexibility index (Phi) is 4.52. The maximum atomic E-state index is 13.1. The van der Waals surface area contributed by atoms with Gasteiger partial charge >= 0.3 is 6.03 Å². The molecular weight excluding hydrogens is 361 g/mol. The van der Waals surface area contributed by atoms with E-state index < -0.39 is 0 Å². The zero-order valence-electron chi connectivity index (χ0n) is 15.1. The molecule has 0 fully saturated rings. The summed E-state index contributed by atoms with van der Waals surface area (Å²) in [6, 6.07) is 10.9. The molecule has 0 saturated heterocycles. The van der Waals surface area contributed by atoms with Gasteiger partial charge in [-0.3, -0.25) is 5.32 Å². The number of rotatable bonds is 3. The fourth-order valence-electron chi connectivity index (χ4n) is 3.05. The number of urea groups is 1. The lowest BCUT2D eigenvalue weighted by Crippen LogP contribution is -2.30. The van der Waals surface area contributed by atoms with Crippen molar-refractivity contribution in [2.45, 2.75) is 13.1 Å². The number of pyridine rings is 2. The molecule has 142 valence electrons. The molecule has 8 heteroatoms. The number of hydrogen-bond acceptors (Lipinski definition) is 5. The Bertz CT molecular complexity index is 1040. The maximum absolute atomic E-state index is 13.1. The molecule has 2 amide bonds. The third-order valence-electron chi connectivity index (χ3n) is 4.57. The maximum Gasteiger partial charge on any atom is 0.323 e. The quantitative estimate of drug-likeness (QED) is 0.727. The predicted molar refractivity (Wildman–Crippen MR) is 103 cm³/mol. The average molecular weight is 379 g/mol. The Morgan fingerprint density at radius 3 is 2.68 bits per heavy atom. The summed E-state index contributed by atoms with van der Waals surface area (Å²) in [5.41, 5.74) is 9.60. The fourth-order valence-corrected chi connectivity index (χ4v) is 3.05. The number of benzene rings is 1. The van der Waals surface area contributed by atoms with E-state index in [1.807, 2.05) is 6.07 Å². The van der Waals surface area contributed by atoms with Crippen molar-refractivity contribution in [2.75, 3.05) is 18.2 Å². The van der Waals surface area contributed by atoms with Gasteiger partial charge in [0.1, 0.15) is 5.82 Å². The topological polar surface area (TPSA) is 93.4 Å². The van der Waals surface area contributed by atoms with Gasteiger partial charge in [-0.05, 0) is 47.5 Å². The minimum Gasteiger partial charge on any atom is -0.481 e. The third kappa shape index (κ3) is 3.44. The van der Waals surface area contributed by atoms with Gasteiger partial charge in [-0.25, -0.2) is 19.2 Å². The number of ether oxygens (including phenoxy) is 1. The first-order chi connectivity index (χ1) is 13.5. The molecule has 0 radical (unpaired) electrons. The van der Waals surface area contributed by atoms with Gasteiger partial charge < -0.3 is 15.4 Å². The molecule has 0 saturated carbocycles. The standard InChI is InChI=1S/C20H18FN5O2/c1-28-18-8-13-10-26(11-14(13)9-23-18)20(27)25-19-16(22)6-7-17(24-19)12-2-4-15(21)5-3-12/h2-9H,10-11,22H2,1H3,(H,24,25,27). The van der Waals surface area contributed by atoms with Crippen LogP contribution in [0.25, 0.3) is 11.3 Å². The fraction of sp³-hybridized carbons (Fsp3) is 0.150. The van der Waals surface area contributed by atoms with E-state index in [0.29, 0.717) is 30.4 Å². The molecule has 0 spiro atoms. The van der Waals surface area contributed by atoms with Crippen LogP contribution in [-0.2, 0) is 13.1 Å². The predicted octanol–water partition coefficient (Wildman–Crippen LogP) is 3.42. The first-order valence-electron chi connectivity index (χ1n) is 8.63. The van der Waals surface area contributed by atoms with Gasteiger partial charge in [0.05, 0.1) is 18.5 Å². The van der Waals surface area contributed by atoms with Crippen LogP contribution in [-0.4, -0.2) is 28.0 Å². The second-order valence-corrected chi connectivity index (χ2v) is 6.42. The second kappa shape index (κ2) is 7.15. The monoisotopic (exact) mass is 379 g/mol. The van der Waals surface area contributed by atoms with Gasteiger partial charge in [0.15, 0.2) is 5.82 Å². The second-order valence-electron chi connectivity index (χ2n) is 6.42. The molecule has 0 unspecified atom stereocenters. The van der Waals surface area contributed by atoms with E-state index in [-0.39, 0.29) is 17.7 Å². The highest BCUT2D eigenvalue weighted by molar-refractivity contribution is 5.92.